The Kier molecular flexibility index (Phi) is 2.11. The first-order chi connectivity index (χ1) is 7.84. The zero-order valence-corrected chi connectivity index (χ0v) is 8.66. The van der Waals surface area contributed by atoms with Crippen LogP contribution >= 0.6 is 0 Å². The second kappa shape index (κ2) is 3.61. The van der Waals surface area contributed by atoms with Crippen LogP contribution in [-0.2, 0) is 0 Å². The van der Waals surface area contributed by atoms with E-state index in [9.17, 15) is 4.79 Å². The Balaban J connectivity index is 1.89. The van der Waals surface area contributed by atoms with Crippen molar-refractivity contribution in [3.05, 3.63) is 30.0 Å². The number of aromatic amines is 1. The molecule has 3 rings (SSSR count). The average molecular weight is 216 g/mol. The number of hydrogen-bond acceptors (Lipinski definition) is 3. The van der Waals surface area contributed by atoms with Crippen molar-refractivity contribution in [2.24, 2.45) is 0 Å². The lowest BCUT2D eigenvalue weighted by Gasteiger charge is -2.27. The van der Waals surface area contributed by atoms with Crippen LogP contribution in [0.1, 0.15) is 10.5 Å². The first-order valence-corrected chi connectivity index (χ1v) is 5.29. The number of benzene rings is 1. The Labute approximate surface area is 92.2 Å². The predicted octanol–water partition coefficient (Wildman–Crippen LogP) is 0.265. The van der Waals surface area contributed by atoms with Crippen LogP contribution < -0.4 is 10.6 Å². The van der Waals surface area contributed by atoms with Gasteiger partial charge in [-0.05, 0) is 6.07 Å². The summed E-state index contributed by atoms with van der Waals surface area (Å²) in [6.07, 6.45) is 0. The number of fused-ring (bicyclic) bond motifs is 1. The lowest BCUT2D eigenvalue weighted by molar-refractivity contribution is 0.0920. The van der Waals surface area contributed by atoms with Gasteiger partial charge in [0.1, 0.15) is 0 Å². The Hall–Kier alpha value is -1.88. The van der Waals surface area contributed by atoms with Gasteiger partial charge in [-0.15, -0.1) is 0 Å². The maximum atomic E-state index is 11.9. The third-order valence-electron chi connectivity index (χ3n) is 2.80. The fraction of sp³-hybridized carbons (Fsp3) is 0.273. The topological polar surface area (TPSA) is 69.8 Å². The first-order valence-electron chi connectivity index (χ1n) is 5.29. The first kappa shape index (κ1) is 9.35. The van der Waals surface area contributed by atoms with Crippen LogP contribution in [0.2, 0.25) is 0 Å². The van der Waals surface area contributed by atoms with Gasteiger partial charge in [0.05, 0.1) is 11.6 Å². The lowest BCUT2D eigenvalue weighted by Crippen LogP contribution is -2.57. The molecule has 0 spiro atoms. The summed E-state index contributed by atoms with van der Waals surface area (Å²) in [6, 6.07) is 7.86. The molecule has 1 aromatic carbocycles. The normalized spacial score (nSPS) is 16.0. The van der Waals surface area contributed by atoms with E-state index in [1.54, 1.807) is 0 Å². The van der Waals surface area contributed by atoms with E-state index in [4.69, 9.17) is 0 Å². The number of amides is 1. The molecule has 1 amide bonds. The zero-order chi connectivity index (χ0) is 11.0. The summed E-state index contributed by atoms with van der Waals surface area (Å²) in [5, 5.41) is 13.8. The number of para-hydroxylation sites is 1. The van der Waals surface area contributed by atoms with E-state index in [0.717, 1.165) is 24.0 Å². The molecule has 3 N–H and O–H groups in total. The minimum atomic E-state index is -0.107. The summed E-state index contributed by atoms with van der Waals surface area (Å²) >= 11 is 0. The van der Waals surface area contributed by atoms with Gasteiger partial charge in [0.25, 0.3) is 5.91 Å². The number of nitrogens with one attached hydrogen (secondary N) is 3. The Bertz CT molecular complexity index is 530. The van der Waals surface area contributed by atoms with Crippen LogP contribution in [0.4, 0.5) is 0 Å². The monoisotopic (exact) mass is 216 g/mol. The quantitative estimate of drug-likeness (QED) is 0.674. The Morgan fingerprint density at radius 1 is 1.38 bits per heavy atom. The third kappa shape index (κ3) is 1.45. The van der Waals surface area contributed by atoms with Crippen molar-refractivity contribution in [3.63, 3.8) is 0 Å². The van der Waals surface area contributed by atoms with Gasteiger partial charge in [0, 0.05) is 18.5 Å². The van der Waals surface area contributed by atoms with Gasteiger partial charge in [-0.1, -0.05) is 18.2 Å². The molecule has 0 unspecified atom stereocenters. The third-order valence-corrected chi connectivity index (χ3v) is 2.80. The number of carbonyl (C=O) groups excluding carboxylic acids is 1. The summed E-state index contributed by atoms with van der Waals surface area (Å²) in [4.78, 5) is 11.9. The summed E-state index contributed by atoms with van der Waals surface area (Å²) in [5.74, 6) is -0.107. The van der Waals surface area contributed by atoms with Crippen LogP contribution in [-0.4, -0.2) is 35.2 Å². The molecule has 1 saturated heterocycles. The number of H-pyrrole nitrogens is 1. The molecule has 1 fully saturated rings. The van der Waals surface area contributed by atoms with Crippen molar-refractivity contribution in [3.8, 4) is 0 Å². The largest absolute Gasteiger partial charge is 0.345 e. The molecule has 0 radical (unpaired) electrons. The minimum absolute atomic E-state index is 0.107. The maximum Gasteiger partial charge on any atom is 0.272 e. The molecule has 0 saturated carbocycles. The van der Waals surface area contributed by atoms with Crippen LogP contribution in [0.3, 0.4) is 0 Å². The molecule has 2 heterocycles. The number of carbonyl (C=O) groups is 1. The molecule has 0 atom stereocenters. The van der Waals surface area contributed by atoms with Crippen LogP contribution in [0, 0.1) is 0 Å². The highest BCUT2D eigenvalue weighted by Gasteiger charge is 2.21. The predicted molar refractivity (Wildman–Crippen MR) is 60.2 cm³/mol. The molecular weight excluding hydrogens is 204 g/mol. The number of nitrogens with zero attached hydrogens (tertiary/aromatic N) is 1. The van der Waals surface area contributed by atoms with Crippen LogP contribution in [0.25, 0.3) is 10.9 Å². The summed E-state index contributed by atoms with van der Waals surface area (Å²) < 4.78 is 0. The van der Waals surface area contributed by atoms with Gasteiger partial charge in [0.15, 0.2) is 5.69 Å². The molecule has 5 heteroatoms. The van der Waals surface area contributed by atoms with Crippen molar-refractivity contribution < 1.29 is 4.79 Å². The second-order valence-electron chi connectivity index (χ2n) is 3.95. The molecule has 1 aromatic heterocycles. The fourth-order valence-electron chi connectivity index (χ4n) is 1.78. The van der Waals surface area contributed by atoms with Gasteiger partial charge in [-0.25, -0.2) is 0 Å². The van der Waals surface area contributed by atoms with Crippen molar-refractivity contribution in [1.29, 1.82) is 0 Å². The van der Waals surface area contributed by atoms with E-state index in [0.29, 0.717) is 5.69 Å². The highest BCUT2D eigenvalue weighted by Crippen LogP contribution is 2.14. The summed E-state index contributed by atoms with van der Waals surface area (Å²) in [7, 11) is 0. The lowest BCUT2D eigenvalue weighted by atomic mass is 10.1. The van der Waals surface area contributed by atoms with Crippen molar-refractivity contribution in [2.75, 3.05) is 13.1 Å². The summed E-state index contributed by atoms with van der Waals surface area (Å²) in [5.41, 5.74) is 1.36. The standard InChI is InChI=1S/C11H12N4O/c16-11(13-7-5-12-6-7)10-8-3-1-2-4-9(8)14-15-10/h1-4,7,12H,5-6H2,(H,13,16)(H,14,15). The SMILES string of the molecule is O=C(NC1CNC1)c1n[nH]c2ccccc12. The Morgan fingerprint density at radius 2 is 2.19 bits per heavy atom. The number of aromatic nitrogens is 2. The van der Waals surface area contributed by atoms with E-state index in [2.05, 4.69) is 20.8 Å². The smallest absolute Gasteiger partial charge is 0.272 e. The van der Waals surface area contributed by atoms with Gasteiger partial charge in [0.2, 0.25) is 0 Å². The number of hydrogen-bond donors (Lipinski definition) is 3. The van der Waals surface area contributed by atoms with Gasteiger partial charge in [-0.2, -0.15) is 5.10 Å². The molecule has 0 bridgehead atoms. The van der Waals surface area contributed by atoms with Gasteiger partial charge < -0.3 is 10.6 Å². The van der Waals surface area contributed by atoms with E-state index >= 15 is 0 Å². The molecule has 0 aliphatic carbocycles. The Morgan fingerprint density at radius 3 is 2.94 bits per heavy atom. The van der Waals surface area contributed by atoms with E-state index in [1.165, 1.54) is 0 Å². The van der Waals surface area contributed by atoms with E-state index < -0.39 is 0 Å². The number of rotatable bonds is 2. The average Bonchev–Trinajstić information content (AvgIpc) is 2.67. The fourth-order valence-corrected chi connectivity index (χ4v) is 1.78. The molecule has 2 aromatic rings. The van der Waals surface area contributed by atoms with Crippen molar-refractivity contribution in [2.45, 2.75) is 6.04 Å². The van der Waals surface area contributed by atoms with Crippen molar-refractivity contribution in [1.82, 2.24) is 20.8 Å². The van der Waals surface area contributed by atoms with Gasteiger partial charge >= 0.3 is 0 Å². The van der Waals surface area contributed by atoms with Crippen LogP contribution in [0.5, 0.6) is 0 Å². The molecule has 1 aliphatic heterocycles. The molecule has 82 valence electrons. The molecule has 1 aliphatic rings. The molecule has 16 heavy (non-hydrogen) atoms. The second-order valence-corrected chi connectivity index (χ2v) is 3.95. The minimum Gasteiger partial charge on any atom is -0.345 e. The molecular formula is C11H12N4O. The summed E-state index contributed by atoms with van der Waals surface area (Å²) in [6.45, 7) is 1.68. The molecule has 5 nitrogen and oxygen atoms in total. The van der Waals surface area contributed by atoms with Crippen LogP contribution in [0.15, 0.2) is 24.3 Å². The zero-order valence-electron chi connectivity index (χ0n) is 8.66. The highest BCUT2D eigenvalue weighted by molar-refractivity contribution is 6.04. The highest BCUT2D eigenvalue weighted by atomic mass is 16.2. The van der Waals surface area contributed by atoms with Crippen molar-refractivity contribution >= 4 is 16.8 Å². The van der Waals surface area contributed by atoms with E-state index in [1.807, 2.05) is 24.3 Å². The van der Waals surface area contributed by atoms with E-state index in [-0.39, 0.29) is 11.9 Å². The van der Waals surface area contributed by atoms with Gasteiger partial charge in [-0.3, -0.25) is 9.89 Å². The maximum absolute atomic E-state index is 11.9.